The molecule has 1 fully saturated rings. The highest BCUT2D eigenvalue weighted by molar-refractivity contribution is 5.95. The van der Waals surface area contributed by atoms with Crippen molar-refractivity contribution in [1.82, 2.24) is 0 Å². The van der Waals surface area contributed by atoms with Crippen LogP contribution in [0, 0.1) is 16.0 Å². The first-order valence-electron chi connectivity index (χ1n) is 6.46. The van der Waals surface area contributed by atoms with Crippen molar-refractivity contribution in [3.63, 3.8) is 0 Å². The summed E-state index contributed by atoms with van der Waals surface area (Å²) in [5.41, 5.74) is 4.69. The molecule has 0 saturated carbocycles. The third-order valence-corrected chi connectivity index (χ3v) is 3.59. The highest BCUT2D eigenvalue weighted by atomic mass is 16.6. The summed E-state index contributed by atoms with van der Waals surface area (Å²) in [5.74, 6) is -2.18. The molecule has 8 nitrogen and oxygen atoms in total. The van der Waals surface area contributed by atoms with E-state index in [9.17, 15) is 19.7 Å². The number of aromatic carboxylic acids is 1. The fourth-order valence-corrected chi connectivity index (χ4v) is 2.58. The summed E-state index contributed by atoms with van der Waals surface area (Å²) in [4.78, 5) is 34.6. The molecule has 3 N–H and O–H groups in total. The lowest BCUT2D eigenvalue weighted by Gasteiger charge is -2.32. The van der Waals surface area contributed by atoms with Crippen LogP contribution in [-0.4, -0.2) is 35.0 Å². The maximum Gasteiger partial charge on any atom is 0.342 e. The standard InChI is InChI=1S/C13H15N3O5/c14-12(17)8-3-2-6-15(7-8)10-5-1-4-9(13(18)19)11(10)16(20)21/h1,4-5,8H,2-3,6-7H2,(H2,14,17)(H,18,19). The minimum atomic E-state index is -1.35. The third-order valence-electron chi connectivity index (χ3n) is 3.59. The SMILES string of the molecule is NC(=O)C1CCCN(c2cccc(C(=O)O)c2[N+](=O)[O-])C1. The van der Waals surface area contributed by atoms with Gasteiger partial charge in [0.1, 0.15) is 11.3 Å². The van der Waals surface area contributed by atoms with E-state index in [0.717, 1.165) is 0 Å². The van der Waals surface area contributed by atoms with Crippen molar-refractivity contribution >= 4 is 23.3 Å². The van der Waals surface area contributed by atoms with Crippen LogP contribution in [0.4, 0.5) is 11.4 Å². The largest absolute Gasteiger partial charge is 0.477 e. The molecule has 1 atom stereocenters. The van der Waals surface area contributed by atoms with E-state index >= 15 is 0 Å². The molecule has 8 heteroatoms. The number of nitrogens with two attached hydrogens (primary N) is 1. The van der Waals surface area contributed by atoms with E-state index in [0.29, 0.717) is 19.4 Å². The van der Waals surface area contributed by atoms with Gasteiger partial charge in [-0.2, -0.15) is 0 Å². The molecule has 1 aliphatic heterocycles. The van der Waals surface area contributed by atoms with Gasteiger partial charge < -0.3 is 15.7 Å². The topological polar surface area (TPSA) is 127 Å². The van der Waals surface area contributed by atoms with Crippen LogP contribution >= 0.6 is 0 Å². The van der Waals surface area contributed by atoms with Crippen molar-refractivity contribution in [2.24, 2.45) is 11.7 Å². The molecule has 1 unspecified atom stereocenters. The summed E-state index contributed by atoms with van der Waals surface area (Å²) in [7, 11) is 0. The Balaban J connectivity index is 2.43. The second kappa shape index (κ2) is 5.78. The normalized spacial score (nSPS) is 18.3. The number of carbonyl (C=O) groups excluding carboxylic acids is 1. The molecule has 0 radical (unpaired) electrons. The van der Waals surface area contributed by atoms with Crippen LogP contribution < -0.4 is 10.6 Å². The van der Waals surface area contributed by atoms with Crippen LogP contribution in [0.25, 0.3) is 0 Å². The zero-order valence-electron chi connectivity index (χ0n) is 11.2. The van der Waals surface area contributed by atoms with Crippen LogP contribution in [0.3, 0.4) is 0 Å². The molecule has 21 heavy (non-hydrogen) atoms. The first-order chi connectivity index (χ1) is 9.91. The Bertz CT molecular complexity index is 601. The third kappa shape index (κ3) is 2.93. The predicted molar refractivity (Wildman–Crippen MR) is 74.2 cm³/mol. The number of para-hydroxylation sites is 1. The first kappa shape index (κ1) is 14.8. The Morgan fingerprint density at radius 2 is 2.14 bits per heavy atom. The van der Waals surface area contributed by atoms with Gasteiger partial charge in [-0.05, 0) is 25.0 Å². The second-order valence-electron chi connectivity index (χ2n) is 4.92. The number of anilines is 1. The Kier molecular flexibility index (Phi) is 4.06. The number of amides is 1. The van der Waals surface area contributed by atoms with Crippen molar-refractivity contribution in [1.29, 1.82) is 0 Å². The highest BCUT2D eigenvalue weighted by Crippen LogP contribution is 2.34. The van der Waals surface area contributed by atoms with Crippen molar-refractivity contribution in [3.05, 3.63) is 33.9 Å². The lowest BCUT2D eigenvalue weighted by Crippen LogP contribution is -2.41. The smallest absolute Gasteiger partial charge is 0.342 e. The van der Waals surface area contributed by atoms with Crippen LogP contribution in [-0.2, 0) is 4.79 Å². The average Bonchev–Trinajstić information content (AvgIpc) is 2.46. The van der Waals surface area contributed by atoms with Gasteiger partial charge in [0.05, 0.1) is 10.8 Å². The molecule has 1 aromatic carbocycles. The summed E-state index contributed by atoms with van der Waals surface area (Å²) in [5, 5.41) is 20.3. The second-order valence-corrected chi connectivity index (χ2v) is 4.92. The first-order valence-corrected chi connectivity index (χ1v) is 6.46. The van der Waals surface area contributed by atoms with Crippen LogP contribution in [0.2, 0.25) is 0 Å². The van der Waals surface area contributed by atoms with E-state index in [-0.39, 0.29) is 23.7 Å². The van der Waals surface area contributed by atoms with E-state index in [1.807, 2.05) is 0 Å². The van der Waals surface area contributed by atoms with Crippen molar-refractivity contribution in [2.75, 3.05) is 18.0 Å². The maximum absolute atomic E-state index is 11.3. The highest BCUT2D eigenvalue weighted by Gasteiger charge is 2.31. The Morgan fingerprint density at radius 1 is 1.43 bits per heavy atom. The molecule has 1 aliphatic rings. The molecular formula is C13H15N3O5. The van der Waals surface area contributed by atoms with Gasteiger partial charge in [0.2, 0.25) is 5.91 Å². The Morgan fingerprint density at radius 3 is 2.71 bits per heavy atom. The monoisotopic (exact) mass is 293 g/mol. The molecule has 1 amide bonds. The molecule has 0 bridgehead atoms. The Hall–Kier alpha value is -2.64. The summed E-state index contributed by atoms with van der Waals surface area (Å²) in [6.07, 6.45) is 1.31. The van der Waals surface area contributed by atoms with Gasteiger partial charge in [-0.3, -0.25) is 14.9 Å². The molecule has 0 aliphatic carbocycles. The Labute approximate surface area is 120 Å². The van der Waals surface area contributed by atoms with Gasteiger partial charge in [0.25, 0.3) is 0 Å². The van der Waals surface area contributed by atoms with E-state index in [2.05, 4.69) is 0 Å². The van der Waals surface area contributed by atoms with Gasteiger partial charge in [0, 0.05) is 13.1 Å². The number of hydrogen-bond acceptors (Lipinski definition) is 5. The van der Waals surface area contributed by atoms with E-state index < -0.39 is 22.5 Å². The van der Waals surface area contributed by atoms with E-state index in [1.54, 1.807) is 4.90 Å². The molecule has 1 saturated heterocycles. The van der Waals surface area contributed by atoms with Crippen LogP contribution in [0.5, 0.6) is 0 Å². The number of carboxylic acids is 1. The van der Waals surface area contributed by atoms with Crippen molar-refractivity contribution in [2.45, 2.75) is 12.8 Å². The number of primary amides is 1. The van der Waals surface area contributed by atoms with Gasteiger partial charge in [0.15, 0.2) is 0 Å². The molecule has 0 spiro atoms. The summed E-state index contributed by atoms with van der Waals surface area (Å²) in [6.45, 7) is 0.785. The van der Waals surface area contributed by atoms with Gasteiger partial charge >= 0.3 is 11.7 Å². The lowest BCUT2D eigenvalue weighted by atomic mass is 9.96. The van der Waals surface area contributed by atoms with E-state index in [1.165, 1.54) is 18.2 Å². The average molecular weight is 293 g/mol. The number of rotatable bonds is 4. The molecular weight excluding hydrogens is 278 g/mol. The summed E-state index contributed by atoms with van der Waals surface area (Å²) < 4.78 is 0. The number of piperidine rings is 1. The minimum absolute atomic E-state index is 0.214. The van der Waals surface area contributed by atoms with Gasteiger partial charge in [-0.25, -0.2) is 4.79 Å². The minimum Gasteiger partial charge on any atom is -0.477 e. The van der Waals surface area contributed by atoms with Crippen molar-refractivity contribution < 1.29 is 19.6 Å². The summed E-state index contributed by atoms with van der Waals surface area (Å²) in [6, 6.07) is 4.15. The maximum atomic E-state index is 11.3. The van der Waals surface area contributed by atoms with Crippen molar-refractivity contribution in [3.8, 4) is 0 Å². The number of nitro benzene ring substituents is 1. The number of nitrogens with zero attached hydrogens (tertiary/aromatic N) is 2. The van der Waals surface area contributed by atoms with Crippen LogP contribution in [0.1, 0.15) is 23.2 Å². The van der Waals surface area contributed by atoms with Crippen LogP contribution in [0.15, 0.2) is 18.2 Å². The predicted octanol–water partition coefficient (Wildman–Crippen LogP) is 0.995. The molecule has 1 aromatic rings. The molecule has 2 rings (SSSR count). The number of hydrogen-bond donors (Lipinski definition) is 2. The quantitative estimate of drug-likeness (QED) is 0.629. The van der Waals surface area contributed by atoms with Gasteiger partial charge in [-0.15, -0.1) is 0 Å². The van der Waals surface area contributed by atoms with E-state index in [4.69, 9.17) is 10.8 Å². The summed E-state index contributed by atoms with van der Waals surface area (Å²) >= 11 is 0. The zero-order valence-corrected chi connectivity index (χ0v) is 11.2. The number of nitro groups is 1. The lowest BCUT2D eigenvalue weighted by molar-refractivity contribution is -0.384. The fourth-order valence-electron chi connectivity index (χ4n) is 2.58. The molecule has 1 heterocycles. The fraction of sp³-hybridized carbons (Fsp3) is 0.385. The van der Waals surface area contributed by atoms with Gasteiger partial charge in [-0.1, -0.05) is 6.07 Å². The zero-order chi connectivity index (χ0) is 15.6. The number of carbonyl (C=O) groups is 2. The molecule has 0 aromatic heterocycles. The molecule has 112 valence electrons. The number of benzene rings is 1. The number of carboxylic acid groups (broad SMARTS) is 1.